The van der Waals surface area contributed by atoms with E-state index in [1.54, 1.807) is 13.0 Å². The van der Waals surface area contributed by atoms with Crippen molar-refractivity contribution >= 4 is 30.5 Å². The summed E-state index contributed by atoms with van der Waals surface area (Å²) in [5.74, 6) is 5.17. The van der Waals surface area contributed by atoms with Crippen molar-refractivity contribution in [2.45, 2.75) is 122 Å². The molecule has 1 aromatic carbocycles. The number of aliphatic carboxylic acids is 1. The molecule has 1 amide bonds. The van der Waals surface area contributed by atoms with E-state index < -0.39 is 30.0 Å². The van der Waals surface area contributed by atoms with Gasteiger partial charge in [-0.3, -0.25) is 14.4 Å². The number of ether oxygens (including phenoxy) is 2. The quantitative estimate of drug-likeness (QED) is 0.0510. The van der Waals surface area contributed by atoms with E-state index in [2.05, 4.69) is 29.8 Å². The number of aliphatic hydroxyl groups excluding tert-OH is 1. The molecule has 0 aromatic heterocycles. The fraction of sp³-hybridized carbons (Fsp3) is 0.658. The van der Waals surface area contributed by atoms with Gasteiger partial charge in [-0.1, -0.05) is 63.0 Å². The van der Waals surface area contributed by atoms with Crippen LogP contribution in [-0.2, 0) is 25.5 Å². The van der Waals surface area contributed by atoms with Crippen LogP contribution in [0.3, 0.4) is 0 Å². The Labute approximate surface area is 285 Å². The minimum absolute atomic E-state index is 0.0550. The van der Waals surface area contributed by atoms with Gasteiger partial charge in [0.15, 0.2) is 0 Å². The summed E-state index contributed by atoms with van der Waals surface area (Å²) in [5, 5.41) is 23.1. The number of fused-ring (bicyclic) bond motifs is 3. The number of unbranched alkanes of at least 4 members (excludes halogenated alkanes) is 3. The zero-order valence-corrected chi connectivity index (χ0v) is 28.9. The van der Waals surface area contributed by atoms with E-state index in [0.717, 1.165) is 61.2 Å². The fourth-order valence-corrected chi connectivity index (χ4v) is 7.64. The monoisotopic (exact) mass is 667 g/mol. The van der Waals surface area contributed by atoms with Gasteiger partial charge >= 0.3 is 11.9 Å². The Bertz CT molecular complexity index is 1300. The van der Waals surface area contributed by atoms with Gasteiger partial charge in [0, 0.05) is 43.2 Å². The highest BCUT2D eigenvalue weighted by Crippen LogP contribution is 2.53. The number of benzene rings is 1. The highest BCUT2D eigenvalue weighted by Gasteiger charge is 2.52. The summed E-state index contributed by atoms with van der Waals surface area (Å²) >= 11 is 4.26. The van der Waals surface area contributed by atoms with Gasteiger partial charge < -0.3 is 25.0 Å². The Morgan fingerprint density at radius 3 is 2.64 bits per heavy atom. The SMILES string of the molecule is CC#CC[C@H](C)[C@H](O)/C=C/[C@@H]1[C@H]2c3cccc(CCCC(=O)O)c3O[C@H]2C[C@H]1OC(=O)[C@@H]1CCCC[C@@H]1C(=O)NCCCCCCS. The maximum atomic E-state index is 13.8. The number of nitrogens with one attached hydrogen (secondary N) is 1. The van der Waals surface area contributed by atoms with Crippen LogP contribution >= 0.6 is 12.6 Å². The lowest BCUT2D eigenvalue weighted by Gasteiger charge is -2.31. The summed E-state index contributed by atoms with van der Waals surface area (Å²) in [4.78, 5) is 38.2. The number of carbonyl (C=O) groups excluding carboxylic acids is 2. The molecular formula is C38H53NO7S. The summed E-state index contributed by atoms with van der Waals surface area (Å²) in [6.45, 7) is 4.36. The van der Waals surface area contributed by atoms with E-state index in [9.17, 15) is 19.5 Å². The third-order valence-corrected chi connectivity index (χ3v) is 10.4. The number of para-hydroxylation sites is 1. The molecule has 4 rings (SSSR count). The number of carbonyl (C=O) groups is 3. The number of hydrogen-bond acceptors (Lipinski definition) is 7. The Balaban J connectivity index is 1.50. The van der Waals surface area contributed by atoms with Gasteiger partial charge in [-0.2, -0.15) is 12.6 Å². The molecule has 258 valence electrons. The van der Waals surface area contributed by atoms with E-state index in [4.69, 9.17) is 14.6 Å². The summed E-state index contributed by atoms with van der Waals surface area (Å²) in [6, 6.07) is 6.01. The molecule has 9 heteroatoms. The van der Waals surface area contributed by atoms with Crippen LogP contribution < -0.4 is 10.1 Å². The number of thiol groups is 1. The lowest BCUT2D eigenvalue weighted by molar-refractivity contribution is -0.161. The van der Waals surface area contributed by atoms with Crippen LogP contribution in [0.5, 0.6) is 5.75 Å². The van der Waals surface area contributed by atoms with E-state index in [0.29, 0.717) is 45.1 Å². The van der Waals surface area contributed by atoms with Crippen LogP contribution in [0.2, 0.25) is 0 Å². The molecule has 0 radical (unpaired) electrons. The first-order valence-electron chi connectivity index (χ1n) is 17.6. The molecule has 0 saturated heterocycles. The molecule has 0 spiro atoms. The molecule has 2 aliphatic carbocycles. The number of hydrogen-bond donors (Lipinski definition) is 4. The van der Waals surface area contributed by atoms with Gasteiger partial charge in [0.1, 0.15) is 18.0 Å². The number of aliphatic hydroxyl groups is 1. The standard InChI is InChI=1S/C38H53NO7S/c1-3-4-13-25(2)31(40)21-20-29-32(24-33-35(29)30-18-11-14-26(36(30)45-33)15-12-19-34(41)42)46-38(44)28-17-8-7-16-27(28)37(43)39-22-9-5-6-10-23-47/h11,14,18,20-21,25,27-29,31-33,35,40,47H,5-10,12-13,15-17,19,22-24H2,1-2H3,(H,39,43)(H,41,42)/b21-20+/t25-,27-,28+,29-,31+,32+,33-,35-/m0/s1. The maximum Gasteiger partial charge on any atom is 0.310 e. The molecule has 1 heterocycles. The topological polar surface area (TPSA) is 122 Å². The number of amides is 1. The van der Waals surface area contributed by atoms with Crippen LogP contribution in [0, 0.1) is 35.5 Å². The van der Waals surface area contributed by atoms with Gasteiger partial charge in [0.25, 0.3) is 0 Å². The minimum Gasteiger partial charge on any atom is -0.489 e. The maximum absolute atomic E-state index is 13.8. The highest BCUT2D eigenvalue weighted by molar-refractivity contribution is 7.80. The summed E-state index contributed by atoms with van der Waals surface area (Å²) in [7, 11) is 0. The zero-order valence-electron chi connectivity index (χ0n) is 28.0. The molecule has 47 heavy (non-hydrogen) atoms. The van der Waals surface area contributed by atoms with Crippen molar-refractivity contribution in [2.75, 3.05) is 12.3 Å². The van der Waals surface area contributed by atoms with Crippen molar-refractivity contribution in [2.24, 2.45) is 23.7 Å². The number of rotatable bonds is 17. The smallest absolute Gasteiger partial charge is 0.310 e. The molecule has 8 atom stereocenters. The lowest BCUT2D eigenvalue weighted by atomic mass is 9.78. The van der Waals surface area contributed by atoms with Crippen LogP contribution in [0.25, 0.3) is 0 Å². The number of carboxylic acid groups (broad SMARTS) is 1. The Hall–Kier alpha value is -2.96. The number of esters is 1. The first-order chi connectivity index (χ1) is 22.7. The summed E-state index contributed by atoms with van der Waals surface area (Å²) < 4.78 is 12.8. The first kappa shape index (κ1) is 36.9. The normalized spacial score (nSPS) is 26.0. The molecule has 0 bridgehead atoms. The largest absolute Gasteiger partial charge is 0.489 e. The first-order valence-corrected chi connectivity index (χ1v) is 18.2. The van der Waals surface area contributed by atoms with Crippen LogP contribution in [0.4, 0.5) is 0 Å². The lowest BCUT2D eigenvalue weighted by Crippen LogP contribution is -2.41. The van der Waals surface area contributed by atoms with Crippen molar-refractivity contribution in [1.29, 1.82) is 0 Å². The molecule has 2 saturated carbocycles. The van der Waals surface area contributed by atoms with Gasteiger partial charge in [-0.15, -0.1) is 11.8 Å². The van der Waals surface area contributed by atoms with E-state index in [1.165, 1.54) is 0 Å². The number of aryl methyl sites for hydroxylation is 1. The molecule has 0 unspecified atom stereocenters. The van der Waals surface area contributed by atoms with Crippen LogP contribution in [0.15, 0.2) is 30.4 Å². The van der Waals surface area contributed by atoms with E-state index in [-0.39, 0.29) is 42.2 Å². The Kier molecular flexibility index (Phi) is 14.5. The Morgan fingerprint density at radius 2 is 1.89 bits per heavy atom. The van der Waals surface area contributed by atoms with E-state index in [1.807, 2.05) is 31.2 Å². The second-order valence-electron chi connectivity index (χ2n) is 13.5. The zero-order chi connectivity index (χ0) is 33.8. The van der Waals surface area contributed by atoms with Crippen molar-refractivity contribution in [3.63, 3.8) is 0 Å². The highest BCUT2D eigenvalue weighted by atomic mass is 32.1. The van der Waals surface area contributed by atoms with Gasteiger partial charge in [0.05, 0.1) is 17.9 Å². The third-order valence-electron chi connectivity index (χ3n) is 10.1. The molecule has 3 aliphatic rings. The van der Waals surface area contributed by atoms with E-state index >= 15 is 0 Å². The van der Waals surface area contributed by atoms with Crippen molar-refractivity contribution in [3.05, 3.63) is 41.5 Å². The molecule has 1 aliphatic heterocycles. The predicted molar refractivity (Wildman–Crippen MR) is 185 cm³/mol. The summed E-state index contributed by atoms with van der Waals surface area (Å²) in [5.41, 5.74) is 2.01. The molecular weight excluding hydrogens is 614 g/mol. The van der Waals surface area contributed by atoms with Crippen molar-refractivity contribution < 1.29 is 34.1 Å². The third kappa shape index (κ3) is 10.0. The van der Waals surface area contributed by atoms with Crippen LogP contribution in [-0.4, -0.2) is 58.7 Å². The van der Waals surface area contributed by atoms with Crippen molar-refractivity contribution in [1.82, 2.24) is 5.32 Å². The van der Waals surface area contributed by atoms with Gasteiger partial charge in [0.2, 0.25) is 5.91 Å². The minimum atomic E-state index is -0.819. The predicted octanol–water partition coefficient (Wildman–Crippen LogP) is 6.25. The van der Waals surface area contributed by atoms with Gasteiger partial charge in [-0.25, -0.2) is 0 Å². The Morgan fingerprint density at radius 1 is 1.13 bits per heavy atom. The average Bonchev–Trinajstić information content (AvgIpc) is 3.59. The number of carboxylic acids is 1. The molecule has 2 fully saturated rings. The average molecular weight is 668 g/mol. The fourth-order valence-electron chi connectivity index (χ4n) is 7.41. The molecule has 8 nitrogen and oxygen atoms in total. The van der Waals surface area contributed by atoms with Gasteiger partial charge in [-0.05, 0) is 62.7 Å². The summed E-state index contributed by atoms with van der Waals surface area (Å²) in [6.07, 6.45) is 11.9. The second kappa shape index (κ2) is 18.5. The van der Waals surface area contributed by atoms with Crippen LogP contribution in [0.1, 0.15) is 108 Å². The molecule has 3 N–H and O–H groups in total. The second-order valence-corrected chi connectivity index (χ2v) is 13.9. The van der Waals surface area contributed by atoms with Crippen molar-refractivity contribution in [3.8, 4) is 17.6 Å². The molecule has 1 aromatic rings.